The first-order valence-electron chi connectivity index (χ1n) is 4.83. The fraction of sp³-hybridized carbons (Fsp3) is 0.250. The molecule has 2 heteroatoms. The summed E-state index contributed by atoms with van der Waals surface area (Å²) >= 11 is 0. The van der Waals surface area contributed by atoms with E-state index < -0.39 is 0 Å². The summed E-state index contributed by atoms with van der Waals surface area (Å²) in [4.78, 5) is 4.49. The number of hydrogen-bond donors (Lipinski definition) is 1. The molecule has 0 bridgehead atoms. The number of aliphatic hydroxyl groups excluding tert-OH is 1. The summed E-state index contributed by atoms with van der Waals surface area (Å²) in [7, 11) is 0. The van der Waals surface area contributed by atoms with Gasteiger partial charge in [-0.15, -0.1) is 0 Å². The molecule has 0 saturated carbocycles. The lowest BCUT2D eigenvalue weighted by molar-refractivity contribution is 0.282. The van der Waals surface area contributed by atoms with E-state index >= 15 is 0 Å². The molecule has 1 N–H and O–H groups in total. The highest BCUT2D eigenvalue weighted by Gasteiger charge is 1.98. The molecule has 72 valence electrons. The molecule has 0 fully saturated rings. The zero-order valence-electron chi connectivity index (χ0n) is 8.20. The van der Waals surface area contributed by atoms with Crippen LogP contribution in [0.5, 0.6) is 0 Å². The zero-order chi connectivity index (χ0) is 9.97. The van der Waals surface area contributed by atoms with Gasteiger partial charge in [-0.3, -0.25) is 4.98 Å². The second-order valence-electron chi connectivity index (χ2n) is 3.34. The summed E-state index contributed by atoms with van der Waals surface area (Å²) in [5.41, 5.74) is 3.04. The van der Waals surface area contributed by atoms with Crippen LogP contribution in [0.3, 0.4) is 0 Å². The number of rotatable bonds is 2. The van der Waals surface area contributed by atoms with Gasteiger partial charge in [0.1, 0.15) is 0 Å². The first-order chi connectivity index (χ1) is 6.83. The summed E-state index contributed by atoms with van der Waals surface area (Å²) < 4.78 is 0. The smallest absolute Gasteiger partial charge is 0.0705 e. The minimum absolute atomic E-state index is 0.0888. The highest BCUT2D eigenvalue weighted by molar-refractivity contribution is 5.79. The van der Waals surface area contributed by atoms with Crippen LogP contribution in [0.25, 0.3) is 10.9 Å². The summed E-state index contributed by atoms with van der Waals surface area (Å²) in [6, 6.07) is 9.93. The van der Waals surface area contributed by atoms with Crippen molar-refractivity contribution in [3.8, 4) is 0 Å². The topological polar surface area (TPSA) is 33.1 Å². The molecule has 0 aliphatic heterocycles. The monoisotopic (exact) mass is 187 g/mol. The predicted molar refractivity (Wildman–Crippen MR) is 57.0 cm³/mol. The molecule has 2 aromatic rings. The van der Waals surface area contributed by atoms with Gasteiger partial charge in [0.2, 0.25) is 0 Å². The number of aryl methyl sites for hydroxylation is 1. The second kappa shape index (κ2) is 3.76. The van der Waals surface area contributed by atoms with Crippen molar-refractivity contribution >= 4 is 10.9 Å². The van der Waals surface area contributed by atoms with Crippen molar-refractivity contribution in [1.29, 1.82) is 0 Å². The van der Waals surface area contributed by atoms with Crippen molar-refractivity contribution < 1.29 is 5.11 Å². The van der Waals surface area contributed by atoms with Gasteiger partial charge in [0.25, 0.3) is 0 Å². The average Bonchev–Trinajstić information content (AvgIpc) is 2.27. The first-order valence-corrected chi connectivity index (χ1v) is 4.83. The number of pyridine rings is 1. The minimum atomic E-state index is 0.0888. The van der Waals surface area contributed by atoms with E-state index in [1.165, 1.54) is 0 Å². The van der Waals surface area contributed by atoms with Crippen LogP contribution in [0, 0.1) is 0 Å². The molecule has 0 atom stereocenters. The van der Waals surface area contributed by atoms with E-state index in [-0.39, 0.29) is 6.61 Å². The highest BCUT2D eigenvalue weighted by Crippen LogP contribution is 2.15. The third-order valence-corrected chi connectivity index (χ3v) is 2.36. The van der Waals surface area contributed by atoms with Crippen LogP contribution in [0.1, 0.15) is 18.2 Å². The van der Waals surface area contributed by atoms with Crippen LogP contribution >= 0.6 is 0 Å². The standard InChI is InChI=1S/C12H13NO/c1-2-11-5-4-10-7-9(8-14)3-6-12(10)13-11/h3-7,14H,2,8H2,1H3. The summed E-state index contributed by atoms with van der Waals surface area (Å²) in [5, 5.41) is 10.1. The van der Waals surface area contributed by atoms with Crippen molar-refractivity contribution in [2.75, 3.05) is 0 Å². The molecule has 0 spiro atoms. The van der Waals surface area contributed by atoms with Crippen LogP contribution in [-0.4, -0.2) is 10.1 Å². The molecular weight excluding hydrogens is 174 g/mol. The van der Waals surface area contributed by atoms with E-state index in [4.69, 9.17) is 5.11 Å². The lowest BCUT2D eigenvalue weighted by Crippen LogP contribution is -1.89. The Morgan fingerprint density at radius 3 is 2.79 bits per heavy atom. The fourth-order valence-corrected chi connectivity index (χ4v) is 1.51. The second-order valence-corrected chi connectivity index (χ2v) is 3.34. The Bertz CT molecular complexity index is 408. The van der Waals surface area contributed by atoms with Crippen molar-refractivity contribution in [2.24, 2.45) is 0 Å². The molecule has 1 heterocycles. The maximum absolute atomic E-state index is 8.98. The molecule has 0 amide bonds. The molecule has 0 saturated heterocycles. The van der Waals surface area contributed by atoms with Gasteiger partial charge in [-0.2, -0.15) is 0 Å². The van der Waals surface area contributed by atoms with Gasteiger partial charge in [0, 0.05) is 11.1 Å². The number of nitrogens with zero attached hydrogens (tertiary/aromatic N) is 1. The van der Waals surface area contributed by atoms with E-state index in [2.05, 4.69) is 18.0 Å². The summed E-state index contributed by atoms with van der Waals surface area (Å²) in [6.45, 7) is 2.18. The van der Waals surface area contributed by atoms with Gasteiger partial charge < -0.3 is 5.11 Å². The number of aliphatic hydroxyl groups is 1. The number of fused-ring (bicyclic) bond motifs is 1. The van der Waals surface area contributed by atoms with Crippen molar-refractivity contribution in [2.45, 2.75) is 20.0 Å². The van der Waals surface area contributed by atoms with Crippen LogP contribution in [0.15, 0.2) is 30.3 Å². The lowest BCUT2D eigenvalue weighted by atomic mass is 10.1. The van der Waals surface area contributed by atoms with Crippen molar-refractivity contribution in [1.82, 2.24) is 4.98 Å². The predicted octanol–water partition coefficient (Wildman–Crippen LogP) is 2.29. The first kappa shape index (κ1) is 9.16. The molecule has 0 unspecified atom stereocenters. The molecule has 1 aromatic carbocycles. The molecule has 0 radical (unpaired) electrons. The number of benzene rings is 1. The van der Waals surface area contributed by atoms with Gasteiger partial charge >= 0.3 is 0 Å². The van der Waals surface area contributed by atoms with Crippen LogP contribution < -0.4 is 0 Å². The summed E-state index contributed by atoms with van der Waals surface area (Å²) in [5.74, 6) is 0. The van der Waals surface area contributed by atoms with Crippen LogP contribution in [-0.2, 0) is 13.0 Å². The van der Waals surface area contributed by atoms with Crippen molar-refractivity contribution in [3.05, 3.63) is 41.6 Å². The van der Waals surface area contributed by atoms with E-state index in [1.54, 1.807) is 0 Å². The molecule has 0 aliphatic carbocycles. The van der Waals surface area contributed by atoms with Gasteiger partial charge in [-0.1, -0.05) is 19.1 Å². The quantitative estimate of drug-likeness (QED) is 0.782. The number of hydrogen-bond acceptors (Lipinski definition) is 2. The maximum atomic E-state index is 8.98. The van der Waals surface area contributed by atoms with Gasteiger partial charge in [-0.25, -0.2) is 0 Å². The Morgan fingerprint density at radius 1 is 1.21 bits per heavy atom. The molecule has 2 rings (SSSR count). The van der Waals surface area contributed by atoms with E-state index in [9.17, 15) is 0 Å². The van der Waals surface area contributed by atoms with E-state index in [0.29, 0.717) is 0 Å². The highest BCUT2D eigenvalue weighted by atomic mass is 16.3. The summed E-state index contributed by atoms with van der Waals surface area (Å²) in [6.07, 6.45) is 0.956. The average molecular weight is 187 g/mol. The van der Waals surface area contributed by atoms with Crippen LogP contribution in [0.4, 0.5) is 0 Å². The van der Waals surface area contributed by atoms with Gasteiger partial charge in [-0.05, 0) is 30.2 Å². The maximum Gasteiger partial charge on any atom is 0.0705 e. The van der Waals surface area contributed by atoms with Gasteiger partial charge in [0.05, 0.1) is 12.1 Å². The lowest BCUT2D eigenvalue weighted by Gasteiger charge is -2.02. The Balaban J connectivity index is 2.57. The normalized spacial score (nSPS) is 10.7. The Labute approximate surface area is 83.2 Å². The Hall–Kier alpha value is -1.41. The minimum Gasteiger partial charge on any atom is -0.392 e. The SMILES string of the molecule is CCc1ccc2cc(CO)ccc2n1. The number of aromatic nitrogens is 1. The van der Waals surface area contributed by atoms with Crippen molar-refractivity contribution in [3.63, 3.8) is 0 Å². The molecular formula is C12H13NO. The Morgan fingerprint density at radius 2 is 2.07 bits per heavy atom. The Kier molecular flexibility index (Phi) is 2.46. The molecule has 0 aliphatic rings. The van der Waals surface area contributed by atoms with Crippen LogP contribution in [0.2, 0.25) is 0 Å². The zero-order valence-corrected chi connectivity index (χ0v) is 8.20. The van der Waals surface area contributed by atoms with E-state index in [0.717, 1.165) is 28.6 Å². The third-order valence-electron chi connectivity index (χ3n) is 2.36. The van der Waals surface area contributed by atoms with E-state index in [1.807, 2.05) is 24.3 Å². The molecule has 14 heavy (non-hydrogen) atoms. The third kappa shape index (κ3) is 1.61. The molecule has 2 nitrogen and oxygen atoms in total. The molecule has 1 aromatic heterocycles. The largest absolute Gasteiger partial charge is 0.392 e. The fourth-order valence-electron chi connectivity index (χ4n) is 1.51. The van der Waals surface area contributed by atoms with Gasteiger partial charge in [0.15, 0.2) is 0 Å².